The molecule has 0 spiro atoms. The fourth-order valence-corrected chi connectivity index (χ4v) is 6.83. The Kier molecular flexibility index (Phi) is 4.53. The van der Waals surface area contributed by atoms with Crippen molar-refractivity contribution in [1.29, 1.82) is 0 Å². The average Bonchev–Trinajstić information content (AvgIpc) is 3.70. The van der Waals surface area contributed by atoms with Crippen molar-refractivity contribution < 1.29 is 0 Å². The molecular weight excluding hydrogens is 484 g/mol. The zero-order valence-electron chi connectivity index (χ0n) is 21.5. The summed E-state index contributed by atoms with van der Waals surface area (Å²) in [5, 5.41) is 10.9. The Morgan fingerprint density at radius 3 is 2.34 bits per heavy atom. The average molecular weight is 511 g/mol. The van der Waals surface area contributed by atoms with E-state index in [1.165, 1.54) is 53.5 Å². The predicted molar refractivity (Wildman–Crippen MR) is 163 cm³/mol. The lowest BCUT2D eigenvalue weighted by Gasteiger charge is -2.10. The van der Waals surface area contributed by atoms with Gasteiger partial charge >= 0.3 is 0 Å². The number of nitrogens with zero attached hydrogens (tertiary/aromatic N) is 2. The highest BCUT2D eigenvalue weighted by Gasteiger charge is 2.15. The fraction of sp³-hybridized carbons (Fsp3) is 0.152. The van der Waals surface area contributed by atoms with Crippen LogP contribution in [0.15, 0.2) is 72.1 Å². The second kappa shape index (κ2) is 7.89. The van der Waals surface area contributed by atoms with Crippen molar-refractivity contribution in [3.05, 3.63) is 83.8 Å². The second-order valence-corrected chi connectivity index (χ2v) is 11.4. The predicted octanol–water partition coefficient (Wildman–Crippen LogP) is 9.47. The molecule has 0 saturated heterocycles. The van der Waals surface area contributed by atoms with Crippen LogP contribution in [0, 0.1) is 0 Å². The van der Waals surface area contributed by atoms with Crippen molar-refractivity contribution in [2.75, 3.05) is 0 Å². The molecule has 4 nitrogen and oxygen atoms in total. The summed E-state index contributed by atoms with van der Waals surface area (Å²) in [6.45, 7) is 6.49. The lowest BCUT2D eigenvalue weighted by molar-refractivity contribution is 0.799. The molecule has 8 rings (SSSR count). The molecule has 2 N–H and O–H groups in total. The molecule has 3 aromatic heterocycles. The van der Waals surface area contributed by atoms with Gasteiger partial charge in [0.1, 0.15) is 11.6 Å². The minimum Gasteiger partial charge on any atom is -0.342 e. The van der Waals surface area contributed by atoms with Gasteiger partial charge in [0.25, 0.3) is 0 Å². The Bertz CT molecular complexity index is 2210. The number of imidazole rings is 2. The van der Waals surface area contributed by atoms with Crippen LogP contribution in [0.4, 0.5) is 0 Å². The third-order valence-electron chi connectivity index (χ3n) is 7.91. The van der Waals surface area contributed by atoms with Crippen molar-refractivity contribution in [2.24, 2.45) is 0 Å². The van der Waals surface area contributed by atoms with E-state index in [0.29, 0.717) is 5.92 Å². The molecule has 0 atom stereocenters. The molecule has 184 valence electrons. The molecule has 0 aliphatic rings. The highest BCUT2D eigenvalue weighted by molar-refractivity contribution is 7.18. The number of thiophene rings is 1. The Balaban J connectivity index is 1.31. The molecule has 0 amide bonds. The van der Waals surface area contributed by atoms with Crippen molar-refractivity contribution in [3.8, 4) is 11.1 Å². The Morgan fingerprint density at radius 1 is 0.711 bits per heavy atom. The normalized spacial score (nSPS) is 12.4. The van der Waals surface area contributed by atoms with Crippen LogP contribution in [-0.2, 0) is 6.42 Å². The van der Waals surface area contributed by atoms with E-state index in [1.54, 1.807) is 11.3 Å². The molecule has 5 aromatic carbocycles. The van der Waals surface area contributed by atoms with Crippen molar-refractivity contribution >= 4 is 75.8 Å². The first kappa shape index (κ1) is 21.8. The fourth-order valence-electron chi connectivity index (χ4n) is 5.90. The molecule has 8 aromatic rings. The molecule has 0 unspecified atom stereocenters. The van der Waals surface area contributed by atoms with Crippen LogP contribution in [0.1, 0.15) is 38.3 Å². The van der Waals surface area contributed by atoms with Crippen LogP contribution >= 0.6 is 11.3 Å². The van der Waals surface area contributed by atoms with E-state index in [-0.39, 0.29) is 0 Å². The lowest BCUT2D eigenvalue weighted by atomic mass is 9.95. The number of hydrogen-bond acceptors (Lipinski definition) is 3. The summed E-state index contributed by atoms with van der Waals surface area (Å²) in [5.41, 5.74) is 6.85. The maximum atomic E-state index is 4.93. The third kappa shape index (κ3) is 3.02. The number of aromatic amines is 2. The quantitative estimate of drug-likeness (QED) is 0.233. The van der Waals surface area contributed by atoms with Gasteiger partial charge in [-0.15, -0.1) is 11.3 Å². The monoisotopic (exact) mass is 510 g/mol. The van der Waals surface area contributed by atoms with Gasteiger partial charge in [-0.2, -0.15) is 0 Å². The van der Waals surface area contributed by atoms with Crippen molar-refractivity contribution in [1.82, 2.24) is 19.9 Å². The van der Waals surface area contributed by atoms with E-state index < -0.39 is 0 Å². The molecule has 0 saturated carbocycles. The number of nitrogens with one attached hydrogen (secondary N) is 2. The molecule has 3 heterocycles. The van der Waals surface area contributed by atoms with Crippen LogP contribution < -0.4 is 0 Å². The van der Waals surface area contributed by atoms with Crippen LogP contribution in [-0.4, -0.2) is 19.9 Å². The first-order chi connectivity index (χ1) is 18.6. The van der Waals surface area contributed by atoms with Gasteiger partial charge in [0, 0.05) is 38.6 Å². The van der Waals surface area contributed by atoms with E-state index in [9.17, 15) is 0 Å². The van der Waals surface area contributed by atoms with Gasteiger partial charge in [-0.3, -0.25) is 0 Å². The van der Waals surface area contributed by atoms with Gasteiger partial charge in [0.05, 0.1) is 22.1 Å². The van der Waals surface area contributed by atoms with Crippen molar-refractivity contribution in [2.45, 2.75) is 33.1 Å². The highest BCUT2D eigenvalue weighted by Crippen LogP contribution is 2.40. The third-order valence-corrected chi connectivity index (χ3v) is 8.85. The molecule has 0 aliphatic heterocycles. The summed E-state index contributed by atoms with van der Waals surface area (Å²) in [4.78, 5) is 16.9. The molecule has 0 fully saturated rings. The molecule has 0 aliphatic carbocycles. The van der Waals surface area contributed by atoms with Gasteiger partial charge in [0.15, 0.2) is 0 Å². The van der Waals surface area contributed by atoms with Gasteiger partial charge in [-0.1, -0.05) is 63.2 Å². The summed E-state index contributed by atoms with van der Waals surface area (Å²) < 4.78 is 1.30. The number of aromatic nitrogens is 4. The summed E-state index contributed by atoms with van der Waals surface area (Å²) in [6.07, 6.45) is 0.899. The standard InChI is InChI=1S/C33H26N4S/c1-4-28-35-30-24-9-6-19(16-26(24)32-25(13-14-38-32)31(30)36-28)18-5-8-21-20(15-18)7-10-23-22(21)11-12-27-29(23)37-33(34-27)17(2)3/h5-17H,4H2,1-3H3,(H,34,37)(H,35,36). The maximum Gasteiger partial charge on any atom is 0.109 e. The topological polar surface area (TPSA) is 57.4 Å². The Hall–Kier alpha value is -4.22. The van der Waals surface area contributed by atoms with Gasteiger partial charge in [-0.05, 0) is 56.9 Å². The van der Waals surface area contributed by atoms with E-state index >= 15 is 0 Å². The lowest BCUT2D eigenvalue weighted by Crippen LogP contribution is -1.88. The van der Waals surface area contributed by atoms with E-state index in [0.717, 1.165) is 40.1 Å². The molecule has 5 heteroatoms. The largest absolute Gasteiger partial charge is 0.342 e. The number of benzene rings is 5. The highest BCUT2D eigenvalue weighted by atomic mass is 32.1. The molecule has 0 bridgehead atoms. The molecule has 0 radical (unpaired) electrons. The summed E-state index contributed by atoms with van der Waals surface area (Å²) in [6, 6.07) is 24.8. The number of H-pyrrole nitrogens is 2. The van der Waals surface area contributed by atoms with Crippen LogP contribution in [0.3, 0.4) is 0 Å². The smallest absolute Gasteiger partial charge is 0.109 e. The molecular formula is C33H26N4S. The Morgan fingerprint density at radius 2 is 1.50 bits per heavy atom. The number of fused-ring (bicyclic) bond motifs is 11. The Labute approximate surface area is 223 Å². The van der Waals surface area contributed by atoms with Crippen LogP contribution in [0.2, 0.25) is 0 Å². The van der Waals surface area contributed by atoms with Gasteiger partial charge in [0.2, 0.25) is 0 Å². The van der Waals surface area contributed by atoms with Crippen LogP contribution in [0.5, 0.6) is 0 Å². The van der Waals surface area contributed by atoms with Crippen molar-refractivity contribution in [3.63, 3.8) is 0 Å². The molecule has 38 heavy (non-hydrogen) atoms. The first-order valence-corrected chi connectivity index (χ1v) is 14.1. The number of hydrogen-bond donors (Lipinski definition) is 2. The zero-order valence-corrected chi connectivity index (χ0v) is 22.3. The second-order valence-electron chi connectivity index (χ2n) is 10.5. The van der Waals surface area contributed by atoms with E-state index in [2.05, 4.69) is 103 Å². The SMILES string of the molecule is CCc1nc2c3ccsc3c3cc(-c4ccc5c(ccc6c5ccc5[nH]c(C(C)C)nc56)c4)ccc3c2[nH]1. The van der Waals surface area contributed by atoms with Crippen LogP contribution in [0.25, 0.3) is 75.6 Å². The minimum absolute atomic E-state index is 0.371. The number of aryl methyl sites for hydroxylation is 1. The van der Waals surface area contributed by atoms with Gasteiger partial charge in [-0.25, -0.2) is 9.97 Å². The maximum absolute atomic E-state index is 4.93. The zero-order chi connectivity index (χ0) is 25.5. The minimum atomic E-state index is 0.371. The number of rotatable bonds is 3. The first-order valence-electron chi connectivity index (χ1n) is 13.3. The van der Waals surface area contributed by atoms with E-state index in [1.807, 2.05) is 0 Å². The van der Waals surface area contributed by atoms with E-state index in [4.69, 9.17) is 9.97 Å². The van der Waals surface area contributed by atoms with Gasteiger partial charge < -0.3 is 9.97 Å². The summed E-state index contributed by atoms with van der Waals surface area (Å²) in [7, 11) is 0. The summed E-state index contributed by atoms with van der Waals surface area (Å²) >= 11 is 1.80. The summed E-state index contributed by atoms with van der Waals surface area (Å²) in [5.74, 6) is 2.45.